The standard InChI is InChI=1S/C31H35F6N5O4S/c1-4-41(18-20-7-5-6-8-20)26-9-10-27(45-2)40-25(26)19-42(29-38-16-24(17-39-29)46-11-12-47(3)44)28(43)21-13-22(30(32,33)34)15-23(14-21)31(35,36)37/h9-10,13-17,20H,4-8,11-12,18-19H2,1-3H3. The number of carbonyl (C=O) groups excluding carboxylic acids is 1. The van der Waals surface area contributed by atoms with E-state index in [-0.39, 0.29) is 41.7 Å². The number of pyridine rings is 1. The second-order valence-corrected chi connectivity index (χ2v) is 12.6. The molecule has 3 aromatic rings. The number of rotatable bonds is 13. The Morgan fingerprint density at radius 3 is 2.15 bits per heavy atom. The second kappa shape index (κ2) is 15.3. The third-order valence-electron chi connectivity index (χ3n) is 7.69. The van der Waals surface area contributed by atoms with Crippen LogP contribution < -0.4 is 19.3 Å². The van der Waals surface area contributed by atoms with Gasteiger partial charge in [-0.05, 0) is 49.9 Å². The highest BCUT2D eigenvalue weighted by Gasteiger charge is 2.38. The van der Waals surface area contributed by atoms with Crippen molar-refractivity contribution in [2.24, 2.45) is 5.92 Å². The first kappa shape index (κ1) is 35.9. The topological polar surface area (TPSA) is 97.8 Å². The first-order valence-corrected chi connectivity index (χ1v) is 16.6. The van der Waals surface area contributed by atoms with E-state index >= 15 is 0 Å². The Morgan fingerprint density at radius 2 is 1.62 bits per heavy atom. The maximum absolute atomic E-state index is 14.0. The number of alkyl halides is 6. The van der Waals surface area contributed by atoms with Crippen LogP contribution in [0.5, 0.6) is 11.6 Å². The summed E-state index contributed by atoms with van der Waals surface area (Å²) in [5, 5.41) is 0. The number of halogens is 6. The normalized spacial score (nSPS) is 14.6. The molecule has 0 saturated heterocycles. The predicted molar refractivity (Wildman–Crippen MR) is 164 cm³/mol. The molecule has 0 aliphatic heterocycles. The van der Waals surface area contributed by atoms with E-state index in [0.29, 0.717) is 36.8 Å². The summed E-state index contributed by atoms with van der Waals surface area (Å²) in [4.78, 5) is 29.8. The van der Waals surface area contributed by atoms with Crippen LogP contribution in [0.4, 0.5) is 38.0 Å². The van der Waals surface area contributed by atoms with E-state index in [1.165, 1.54) is 25.8 Å². The minimum Gasteiger partial charge on any atom is -0.489 e. The zero-order valence-corrected chi connectivity index (χ0v) is 26.8. The Hall–Kier alpha value is -3.95. The number of nitrogens with zero attached hydrogens (tertiary/aromatic N) is 5. The molecule has 1 unspecified atom stereocenters. The molecule has 4 rings (SSSR count). The minimum absolute atomic E-state index is 0.0447. The van der Waals surface area contributed by atoms with Gasteiger partial charge in [0.15, 0.2) is 5.75 Å². The average Bonchev–Trinajstić information content (AvgIpc) is 3.55. The molecule has 2 aromatic heterocycles. The number of methoxy groups -OCH3 is 1. The monoisotopic (exact) mass is 687 g/mol. The van der Waals surface area contributed by atoms with Gasteiger partial charge in [-0.15, -0.1) is 0 Å². The van der Waals surface area contributed by atoms with Gasteiger partial charge in [-0.1, -0.05) is 12.8 Å². The van der Waals surface area contributed by atoms with E-state index in [4.69, 9.17) is 9.47 Å². The van der Waals surface area contributed by atoms with Gasteiger partial charge in [0, 0.05) is 41.8 Å². The van der Waals surface area contributed by atoms with Crippen molar-refractivity contribution >= 4 is 28.3 Å². The summed E-state index contributed by atoms with van der Waals surface area (Å²) >= 11 is 0. The molecule has 9 nitrogen and oxygen atoms in total. The lowest BCUT2D eigenvalue weighted by molar-refractivity contribution is -0.143. The first-order chi connectivity index (χ1) is 22.2. The lowest BCUT2D eigenvalue weighted by atomic mass is 10.0. The molecule has 1 amide bonds. The molecule has 2 heterocycles. The molecule has 1 aromatic carbocycles. The first-order valence-electron chi connectivity index (χ1n) is 14.8. The number of aromatic nitrogens is 3. The predicted octanol–water partition coefficient (Wildman–Crippen LogP) is 6.54. The van der Waals surface area contributed by atoms with Crippen molar-refractivity contribution in [1.82, 2.24) is 15.0 Å². The summed E-state index contributed by atoms with van der Waals surface area (Å²) in [6.45, 7) is 2.87. The molecular weight excluding hydrogens is 652 g/mol. The Kier molecular flexibility index (Phi) is 11.7. The molecule has 47 heavy (non-hydrogen) atoms. The summed E-state index contributed by atoms with van der Waals surface area (Å²) < 4.78 is 104. The van der Waals surface area contributed by atoms with Crippen LogP contribution in [0, 0.1) is 5.92 Å². The van der Waals surface area contributed by atoms with Crippen LogP contribution in [0.2, 0.25) is 0 Å². The van der Waals surface area contributed by atoms with Crippen molar-refractivity contribution in [3.63, 3.8) is 0 Å². The summed E-state index contributed by atoms with van der Waals surface area (Å²) in [6, 6.07) is 4.08. The smallest absolute Gasteiger partial charge is 0.416 e. The van der Waals surface area contributed by atoms with Crippen LogP contribution in [-0.2, 0) is 29.7 Å². The fraction of sp³-hybridized carbons (Fsp3) is 0.484. The molecule has 1 aliphatic rings. The second-order valence-electron chi connectivity index (χ2n) is 11.0. The number of anilines is 2. The lowest BCUT2D eigenvalue weighted by Crippen LogP contribution is -2.35. The van der Waals surface area contributed by atoms with Gasteiger partial charge >= 0.3 is 12.4 Å². The maximum atomic E-state index is 14.0. The summed E-state index contributed by atoms with van der Waals surface area (Å²) in [5.41, 5.74) is -3.25. The average molecular weight is 688 g/mol. The van der Waals surface area contributed by atoms with Gasteiger partial charge in [0.1, 0.15) is 0 Å². The van der Waals surface area contributed by atoms with Crippen LogP contribution in [0.15, 0.2) is 42.7 Å². The summed E-state index contributed by atoms with van der Waals surface area (Å²) in [5.74, 6) is -0.548. The van der Waals surface area contributed by atoms with Crippen LogP contribution in [0.1, 0.15) is 59.8 Å². The van der Waals surface area contributed by atoms with E-state index in [9.17, 15) is 35.3 Å². The van der Waals surface area contributed by atoms with Crippen LogP contribution in [0.3, 0.4) is 0 Å². The minimum atomic E-state index is -5.16. The zero-order valence-electron chi connectivity index (χ0n) is 26.0. The Labute approximate surface area is 270 Å². The fourth-order valence-corrected chi connectivity index (χ4v) is 5.63. The zero-order chi connectivity index (χ0) is 34.4. The summed E-state index contributed by atoms with van der Waals surface area (Å²) in [6.07, 6.45) is -2.10. The number of ether oxygens (including phenoxy) is 2. The number of hydrogen-bond donors (Lipinski definition) is 0. The highest BCUT2D eigenvalue weighted by molar-refractivity contribution is 7.84. The quantitative estimate of drug-likeness (QED) is 0.187. The van der Waals surface area contributed by atoms with E-state index in [2.05, 4.69) is 19.9 Å². The van der Waals surface area contributed by atoms with E-state index in [1.807, 2.05) is 6.92 Å². The Bertz CT molecular complexity index is 1520. The molecule has 1 fully saturated rings. The maximum Gasteiger partial charge on any atom is 0.416 e. The lowest BCUT2D eigenvalue weighted by Gasteiger charge is -2.30. The molecule has 0 radical (unpaired) electrons. The van der Waals surface area contributed by atoms with Crippen LogP contribution in [-0.4, -0.2) is 63.9 Å². The van der Waals surface area contributed by atoms with Crippen molar-refractivity contribution in [1.29, 1.82) is 0 Å². The Morgan fingerprint density at radius 1 is 1.00 bits per heavy atom. The van der Waals surface area contributed by atoms with Crippen LogP contribution in [0.25, 0.3) is 0 Å². The molecular formula is C31H35F6N5O4S. The highest BCUT2D eigenvalue weighted by atomic mass is 32.2. The van der Waals surface area contributed by atoms with Crippen molar-refractivity contribution < 1.29 is 44.8 Å². The van der Waals surface area contributed by atoms with Gasteiger partial charge in [0.2, 0.25) is 11.8 Å². The number of carbonyl (C=O) groups is 1. The molecule has 16 heteroatoms. The van der Waals surface area contributed by atoms with Crippen molar-refractivity contribution in [3.05, 3.63) is 65.1 Å². The summed E-state index contributed by atoms with van der Waals surface area (Å²) in [7, 11) is 0.261. The molecule has 0 N–H and O–H groups in total. The number of amides is 1. The van der Waals surface area contributed by atoms with E-state index < -0.39 is 52.3 Å². The van der Waals surface area contributed by atoms with Crippen LogP contribution >= 0.6 is 0 Å². The largest absolute Gasteiger partial charge is 0.489 e. The number of hydrogen-bond acceptors (Lipinski definition) is 8. The third kappa shape index (κ3) is 9.55. The fourth-order valence-electron chi connectivity index (χ4n) is 5.31. The SMILES string of the molecule is CCN(CC1CCCC1)c1ccc(OC)nc1CN(C(=O)c1cc(C(F)(F)F)cc(C(F)(F)F)c1)c1ncc(OCCS(C)=O)cn1. The number of benzene rings is 1. The third-order valence-corrected chi connectivity index (χ3v) is 8.43. The van der Waals surface area contributed by atoms with Crippen molar-refractivity contribution in [2.75, 3.05) is 48.6 Å². The molecule has 256 valence electrons. The van der Waals surface area contributed by atoms with E-state index in [1.54, 1.807) is 12.1 Å². The van der Waals surface area contributed by atoms with Gasteiger partial charge in [-0.25, -0.2) is 15.0 Å². The van der Waals surface area contributed by atoms with Crippen molar-refractivity contribution in [3.8, 4) is 11.6 Å². The molecule has 0 spiro atoms. The Balaban J connectivity index is 1.80. The molecule has 1 aliphatic carbocycles. The molecule has 0 bridgehead atoms. The highest BCUT2D eigenvalue weighted by Crippen LogP contribution is 2.37. The van der Waals surface area contributed by atoms with Gasteiger partial charge in [0.05, 0.1) is 60.9 Å². The molecule has 1 atom stereocenters. The van der Waals surface area contributed by atoms with Gasteiger partial charge in [-0.3, -0.25) is 13.9 Å². The molecule has 1 saturated carbocycles. The van der Waals surface area contributed by atoms with Gasteiger partial charge in [-0.2, -0.15) is 26.3 Å². The van der Waals surface area contributed by atoms with Gasteiger partial charge in [0.25, 0.3) is 5.91 Å². The van der Waals surface area contributed by atoms with Crippen molar-refractivity contribution in [2.45, 2.75) is 51.5 Å². The van der Waals surface area contributed by atoms with E-state index in [0.717, 1.165) is 30.6 Å². The van der Waals surface area contributed by atoms with Gasteiger partial charge < -0.3 is 14.4 Å².